The molecule has 96 valence electrons. The zero-order valence-corrected chi connectivity index (χ0v) is 10.8. The van der Waals surface area contributed by atoms with Crippen molar-refractivity contribution in [2.24, 2.45) is 0 Å². The first-order chi connectivity index (χ1) is 9.25. The van der Waals surface area contributed by atoms with Crippen molar-refractivity contribution in [3.8, 4) is 0 Å². The van der Waals surface area contributed by atoms with Crippen molar-refractivity contribution in [3.05, 3.63) is 65.0 Å². The van der Waals surface area contributed by atoms with Crippen LogP contribution in [-0.2, 0) is 11.2 Å². The lowest BCUT2D eigenvalue weighted by Crippen LogP contribution is -2.23. The average molecular weight is 253 g/mol. The van der Waals surface area contributed by atoms with Crippen LogP contribution in [0, 0.1) is 6.92 Å². The lowest BCUT2D eigenvalue weighted by atomic mass is 9.93. The number of carbonyl (C=O) groups excluding carboxylic acids is 1. The van der Waals surface area contributed by atoms with E-state index < -0.39 is 6.10 Å². The molecule has 0 fully saturated rings. The summed E-state index contributed by atoms with van der Waals surface area (Å²) in [5, 5.41) is 0. The van der Waals surface area contributed by atoms with Gasteiger partial charge in [0, 0.05) is 18.0 Å². The quantitative estimate of drug-likeness (QED) is 0.772. The van der Waals surface area contributed by atoms with E-state index >= 15 is 0 Å². The summed E-state index contributed by atoms with van der Waals surface area (Å²) in [6.07, 6.45) is 3.72. The highest BCUT2D eigenvalue weighted by molar-refractivity contribution is 6.00. The van der Waals surface area contributed by atoms with E-state index in [1.54, 1.807) is 12.4 Å². The zero-order valence-electron chi connectivity index (χ0n) is 10.8. The number of aromatic nitrogens is 1. The average Bonchev–Trinajstić information content (AvgIpc) is 2.46. The first-order valence-electron chi connectivity index (χ1n) is 6.41. The third kappa shape index (κ3) is 2.29. The fourth-order valence-electron chi connectivity index (χ4n) is 2.45. The molecule has 1 aliphatic heterocycles. The van der Waals surface area contributed by atoms with Crippen LogP contribution in [0.1, 0.15) is 33.2 Å². The van der Waals surface area contributed by atoms with Gasteiger partial charge in [0.1, 0.15) is 6.10 Å². The van der Waals surface area contributed by atoms with Crippen molar-refractivity contribution in [1.29, 1.82) is 0 Å². The summed E-state index contributed by atoms with van der Waals surface area (Å²) in [7, 11) is 0. The minimum Gasteiger partial charge on any atom is -0.365 e. The third-order valence-electron chi connectivity index (χ3n) is 3.39. The molecule has 2 aromatic rings. The van der Waals surface area contributed by atoms with Crippen LogP contribution in [0.5, 0.6) is 0 Å². The summed E-state index contributed by atoms with van der Waals surface area (Å²) in [6.45, 7) is 2.52. The van der Waals surface area contributed by atoms with Crippen LogP contribution in [0.3, 0.4) is 0 Å². The maximum Gasteiger partial charge on any atom is 0.197 e. The molecule has 0 saturated carbocycles. The summed E-state index contributed by atoms with van der Waals surface area (Å²) in [4.78, 5) is 16.6. The number of aryl methyl sites for hydroxylation is 1. The van der Waals surface area contributed by atoms with E-state index in [1.807, 2.05) is 31.2 Å². The molecule has 3 rings (SSSR count). The third-order valence-corrected chi connectivity index (χ3v) is 3.39. The molecule has 0 radical (unpaired) electrons. The number of pyridine rings is 1. The Hall–Kier alpha value is -2.00. The molecule has 0 N–H and O–H groups in total. The molecule has 2 heterocycles. The molecular weight excluding hydrogens is 238 g/mol. The fraction of sp³-hybridized carbons (Fsp3) is 0.250. The second kappa shape index (κ2) is 4.94. The molecule has 1 aliphatic rings. The van der Waals surface area contributed by atoms with Crippen LogP contribution < -0.4 is 0 Å². The number of hydrogen-bond donors (Lipinski definition) is 0. The summed E-state index contributed by atoms with van der Waals surface area (Å²) >= 11 is 0. The van der Waals surface area contributed by atoms with Gasteiger partial charge in [-0.2, -0.15) is 0 Å². The smallest absolute Gasteiger partial charge is 0.197 e. The van der Waals surface area contributed by atoms with Gasteiger partial charge in [-0.15, -0.1) is 0 Å². The van der Waals surface area contributed by atoms with Crippen LogP contribution in [0.4, 0.5) is 0 Å². The number of fused-ring (bicyclic) bond motifs is 1. The maximum atomic E-state index is 12.5. The molecule has 0 amide bonds. The molecule has 3 nitrogen and oxygen atoms in total. The Balaban J connectivity index is 1.98. The largest absolute Gasteiger partial charge is 0.365 e. The molecule has 1 aromatic carbocycles. The molecule has 0 saturated heterocycles. The van der Waals surface area contributed by atoms with Crippen LogP contribution in [-0.4, -0.2) is 17.4 Å². The van der Waals surface area contributed by atoms with Gasteiger partial charge in [-0.1, -0.05) is 24.3 Å². The van der Waals surface area contributed by atoms with Crippen LogP contribution in [0.2, 0.25) is 0 Å². The Labute approximate surface area is 112 Å². The fourth-order valence-corrected chi connectivity index (χ4v) is 2.45. The van der Waals surface area contributed by atoms with E-state index in [0.29, 0.717) is 12.2 Å². The number of carbonyl (C=O) groups is 1. The molecule has 1 aromatic heterocycles. The van der Waals surface area contributed by atoms with Gasteiger partial charge in [-0.25, -0.2) is 0 Å². The number of ether oxygens (including phenoxy) is 1. The highest BCUT2D eigenvalue weighted by atomic mass is 16.5. The van der Waals surface area contributed by atoms with Crippen LogP contribution >= 0.6 is 0 Å². The summed E-state index contributed by atoms with van der Waals surface area (Å²) < 4.78 is 5.68. The van der Waals surface area contributed by atoms with Crippen LogP contribution in [0.15, 0.2) is 42.7 Å². The van der Waals surface area contributed by atoms with Gasteiger partial charge in [0.15, 0.2) is 5.78 Å². The Kier molecular flexibility index (Phi) is 3.13. The van der Waals surface area contributed by atoms with Crippen molar-refractivity contribution in [1.82, 2.24) is 4.98 Å². The molecular formula is C16H15NO2. The number of nitrogens with zero attached hydrogens (tertiary/aromatic N) is 1. The first-order valence-corrected chi connectivity index (χ1v) is 6.41. The number of Topliss-reactive ketones (excluding diaryl/α,β-unsaturated/α-hetero) is 1. The first kappa shape index (κ1) is 12.1. The Bertz CT molecular complexity index is 622. The molecule has 0 bridgehead atoms. The highest BCUT2D eigenvalue weighted by Crippen LogP contribution is 2.29. The molecule has 19 heavy (non-hydrogen) atoms. The zero-order chi connectivity index (χ0) is 13.2. The van der Waals surface area contributed by atoms with Crippen LogP contribution in [0.25, 0.3) is 0 Å². The van der Waals surface area contributed by atoms with Gasteiger partial charge in [0.05, 0.1) is 6.61 Å². The van der Waals surface area contributed by atoms with Crippen molar-refractivity contribution >= 4 is 5.78 Å². The number of ketones is 1. The van der Waals surface area contributed by atoms with Crippen molar-refractivity contribution < 1.29 is 9.53 Å². The van der Waals surface area contributed by atoms with Gasteiger partial charge in [0.2, 0.25) is 0 Å². The standard InChI is InChI=1S/C16H15NO2/c1-11-8-13(10-17-9-11)15(18)16-14-5-3-2-4-12(14)6-7-19-16/h2-5,8-10,16H,6-7H2,1H3. The Morgan fingerprint density at radius 1 is 1.32 bits per heavy atom. The van der Waals surface area contributed by atoms with E-state index in [2.05, 4.69) is 11.1 Å². The van der Waals surface area contributed by atoms with E-state index in [0.717, 1.165) is 17.5 Å². The lowest BCUT2D eigenvalue weighted by Gasteiger charge is -2.25. The Morgan fingerprint density at radius 2 is 2.16 bits per heavy atom. The van der Waals surface area contributed by atoms with E-state index in [9.17, 15) is 4.79 Å². The summed E-state index contributed by atoms with van der Waals surface area (Å²) in [5.74, 6) is -0.0108. The van der Waals surface area contributed by atoms with E-state index in [4.69, 9.17) is 4.74 Å². The number of hydrogen-bond acceptors (Lipinski definition) is 3. The SMILES string of the molecule is Cc1cncc(C(=O)C2OCCc3ccccc32)c1. The minimum atomic E-state index is -0.492. The molecule has 0 aliphatic carbocycles. The van der Waals surface area contributed by atoms with Gasteiger partial charge < -0.3 is 4.74 Å². The second-order valence-corrected chi connectivity index (χ2v) is 4.81. The lowest BCUT2D eigenvalue weighted by molar-refractivity contribution is 0.0348. The molecule has 1 unspecified atom stereocenters. The van der Waals surface area contributed by atoms with Gasteiger partial charge in [-0.3, -0.25) is 9.78 Å². The summed E-state index contributed by atoms with van der Waals surface area (Å²) in [6, 6.07) is 9.84. The molecule has 0 spiro atoms. The number of rotatable bonds is 2. The topological polar surface area (TPSA) is 39.2 Å². The molecule has 1 atom stereocenters. The monoisotopic (exact) mass is 253 g/mol. The van der Waals surface area contributed by atoms with Gasteiger partial charge in [0.25, 0.3) is 0 Å². The summed E-state index contributed by atoms with van der Waals surface area (Å²) in [5.41, 5.74) is 3.78. The van der Waals surface area contributed by atoms with Crippen molar-refractivity contribution in [3.63, 3.8) is 0 Å². The van der Waals surface area contributed by atoms with Crippen molar-refractivity contribution in [2.45, 2.75) is 19.4 Å². The van der Waals surface area contributed by atoms with E-state index in [1.165, 1.54) is 5.56 Å². The van der Waals surface area contributed by atoms with Gasteiger partial charge >= 0.3 is 0 Å². The maximum absolute atomic E-state index is 12.5. The predicted octanol–water partition coefficient (Wildman–Crippen LogP) is 2.89. The normalized spacial score (nSPS) is 17.8. The van der Waals surface area contributed by atoms with E-state index in [-0.39, 0.29) is 5.78 Å². The predicted molar refractivity (Wildman–Crippen MR) is 72.1 cm³/mol. The van der Waals surface area contributed by atoms with Gasteiger partial charge in [-0.05, 0) is 36.1 Å². The number of benzene rings is 1. The second-order valence-electron chi connectivity index (χ2n) is 4.81. The Morgan fingerprint density at radius 3 is 3.00 bits per heavy atom. The van der Waals surface area contributed by atoms with Crippen molar-refractivity contribution in [2.75, 3.05) is 6.61 Å². The molecule has 3 heteroatoms. The highest BCUT2D eigenvalue weighted by Gasteiger charge is 2.28. The minimum absolute atomic E-state index is 0.0108.